The van der Waals surface area contributed by atoms with Crippen LogP contribution >= 0.6 is 11.6 Å². The quantitative estimate of drug-likeness (QED) is 0.597. The Bertz CT molecular complexity index is 923. The summed E-state index contributed by atoms with van der Waals surface area (Å²) in [6.45, 7) is 3.89. The van der Waals surface area contributed by atoms with E-state index in [4.69, 9.17) is 11.6 Å². The third-order valence-corrected chi connectivity index (χ3v) is 6.92. The molecule has 1 aliphatic heterocycles. The SMILES string of the molecule is O=C(CCC1(O)CCCC(F)(F)C1)c1cn(CCN2CCCC2)c2cccc(Cl)c12. The smallest absolute Gasteiger partial charge is 0.250 e. The molecule has 1 aromatic carbocycles. The monoisotopic (exact) mass is 438 g/mol. The number of Topliss-reactive ketones (excluding diaryl/α,β-unsaturated/α-hetero) is 1. The van der Waals surface area contributed by atoms with Gasteiger partial charge in [0.1, 0.15) is 0 Å². The van der Waals surface area contributed by atoms with Gasteiger partial charge in [-0.25, -0.2) is 8.78 Å². The van der Waals surface area contributed by atoms with Gasteiger partial charge in [-0.3, -0.25) is 4.79 Å². The number of carbonyl (C=O) groups is 1. The van der Waals surface area contributed by atoms with E-state index in [1.54, 1.807) is 6.07 Å². The summed E-state index contributed by atoms with van der Waals surface area (Å²) in [5, 5.41) is 11.8. The van der Waals surface area contributed by atoms with Crippen LogP contribution in [0.4, 0.5) is 8.78 Å². The fourth-order valence-electron chi connectivity index (χ4n) is 4.99. The number of aromatic nitrogens is 1. The molecule has 1 atom stereocenters. The predicted octanol–water partition coefficient (Wildman–Crippen LogP) is 5.29. The van der Waals surface area contributed by atoms with Crippen LogP contribution in [-0.4, -0.2) is 51.5 Å². The number of hydrogen-bond acceptors (Lipinski definition) is 3. The zero-order chi connectivity index (χ0) is 21.4. The summed E-state index contributed by atoms with van der Waals surface area (Å²) in [4.78, 5) is 15.5. The van der Waals surface area contributed by atoms with Crippen LogP contribution in [0.15, 0.2) is 24.4 Å². The van der Waals surface area contributed by atoms with Gasteiger partial charge in [-0.05, 0) is 57.3 Å². The van der Waals surface area contributed by atoms with Crippen molar-refractivity contribution in [2.75, 3.05) is 19.6 Å². The molecule has 1 saturated carbocycles. The lowest BCUT2D eigenvalue weighted by atomic mass is 9.79. The van der Waals surface area contributed by atoms with Crippen LogP contribution in [0, 0.1) is 0 Å². The van der Waals surface area contributed by atoms with Gasteiger partial charge in [-0.15, -0.1) is 0 Å². The first-order chi connectivity index (χ1) is 14.3. The van der Waals surface area contributed by atoms with Crippen molar-refractivity contribution in [3.63, 3.8) is 0 Å². The molecule has 0 bridgehead atoms. The van der Waals surface area contributed by atoms with Gasteiger partial charge in [0.05, 0.1) is 16.1 Å². The Morgan fingerprint density at radius 3 is 2.63 bits per heavy atom. The molecule has 2 fully saturated rings. The van der Waals surface area contributed by atoms with Crippen LogP contribution in [0.25, 0.3) is 10.9 Å². The molecular weight excluding hydrogens is 410 g/mol. The van der Waals surface area contributed by atoms with Crippen LogP contribution in [0.3, 0.4) is 0 Å². The third kappa shape index (κ3) is 4.71. The summed E-state index contributed by atoms with van der Waals surface area (Å²) in [5.41, 5.74) is -0.0499. The summed E-state index contributed by atoms with van der Waals surface area (Å²) >= 11 is 6.44. The number of halogens is 3. The lowest BCUT2D eigenvalue weighted by molar-refractivity contribution is -0.126. The largest absolute Gasteiger partial charge is 0.390 e. The van der Waals surface area contributed by atoms with Gasteiger partial charge in [-0.1, -0.05) is 17.7 Å². The highest BCUT2D eigenvalue weighted by molar-refractivity contribution is 6.37. The molecule has 1 aromatic heterocycles. The molecule has 30 heavy (non-hydrogen) atoms. The highest BCUT2D eigenvalue weighted by Gasteiger charge is 2.44. The van der Waals surface area contributed by atoms with Crippen molar-refractivity contribution >= 4 is 28.3 Å². The lowest BCUT2D eigenvalue weighted by Crippen LogP contribution is -2.41. The number of aliphatic hydroxyl groups is 1. The van der Waals surface area contributed by atoms with E-state index in [2.05, 4.69) is 9.47 Å². The van der Waals surface area contributed by atoms with Crippen molar-refractivity contribution in [2.45, 2.75) is 69.4 Å². The number of fused-ring (bicyclic) bond motifs is 1. The molecule has 1 saturated heterocycles. The van der Waals surface area contributed by atoms with E-state index < -0.39 is 17.9 Å². The van der Waals surface area contributed by atoms with Crippen molar-refractivity contribution in [2.24, 2.45) is 0 Å². The summed E-state index contributed by atoms with van der Waals surface area (Å²) in [6, 6.07) is 5.59. The van der Waals surface area contributed by atoms with Crippen LogP contribution < -0.4 is 0 Å². The van der Waals surface area contributed by atoms with Crippen LogP contribution in [0.1, 0.15) is 61.7 Å². The number of rotatable bonds is 7. The van der Waals surface area contributed by atoms with Gasteiger partial charge < -0.3 is 14.6 Å². The highest BCUT2D eigenvalue weighted by Crippen LogP contribution is 2.41. The van der Waals surface area contributed by atoms with Crippen molar-refractivity contribution in [3.05, 3.63) is 35.0 Å². The first-order valence-corrected chi connectivity index (χ1v) is 11.3. The zero-order valence-electron chi connectivity index (χ0n) is 17.2. The first-order valence-electron chi connectivity index (χ1n) is 10.9. The van der Waals surface area contributed by atoms with Crippen molar-refractivity contribution in [3.8, 4) is 0 Å². The molecular formula is C23H29ClF2N2O2. The summed E-state index contributed by atoms with van der Waals surface area (Å²) in [7, 11) is 0. The zero-order valence-corrected chi connectivity index (χ0v) is 17.9. The Kier molecular flexibility index (Phi) is 6.20. The molecule has 1 aliphatic carbocycles. The molecule has 164 valence electrons. The van der Waals surface area contributed by atoms with E-state index in [0.717, 1.165) is 31.7 Å². The highest BCUT2D eigenvalue weighted by atomic mass is 35.5. The first kappa shape index (κ1) is 21.7. The Morgan fingerprint density at radius 1 is 1.13 bits per heavy atom. The minimum Gasteiger partial charge on any atom is -0.390 e. The van der Waals surface area contributed by atoms with Gasteiger partial charge in [-0.2, -0.15) is 0 Å². The molecule has 2 heterocycles. The van der Waals surface area contributed by atoms with Gasteiger partial charge in [0.15, 0.2) is 5.78 Å². The third-order valence-electron chi connectivity index (χ3n) is 6.60. The number of carbonyl (C=O) groups excluding carboxylic acids is 1. The van der Waals surface area contributed by atoms with E-state index in [9.17, 15) is 18.7 Å². The number of ketones is 1. The average Bonchev–Trinajstić information content (AvgIpc) is 3.32. The standard InChI is InChI=1S/C23H29ClF2N2O2/c24-18-5-3-6-19-21(18)17(15-28(19)14-13-27-11-1-2-12-27)20(29)7-10-22(30)8-4-9-23(25,26)16-22/h3,5-6,15,30H,1-2,4,7-14,16H2. The maximum Gasteiger partial charge on any atom is 0.250 e. The molecule has 7 heteroatoms. The fraction of sp³-hybridized carbons (Fsp3) is 0.609. The summed E-state index contributed by atoms with van der Waals surface area (Å²) in [6.07, 6.45) is 4.21. The second-order valence-corrected chi connectivity index (χ2v) is 9.36. The van der Waals surface area contributed by atoms with Crippen LogP contribution in [0.2, 0.25) is 5.02 Å². The van der Waals surface area contributed by atoms with Crippen molar-refractivity contribution < 1.29 is 18.7 Å². The number of benzene rings is 1. The van der Waals surface area contributed by atoms with Gasteiger partial charge in [0.2, 0.25) is 0 Å². The normalized spacial score (nSPS) is 24.5. The Balaban J connectivity index is 1.51. The molecule has 4 nitrogen and oxygen atoms in total. The number of hydrogen-bond donors (Lipinski definition) is 1. The second kappa shape index (κ2) is 8.56. The van der Waals surface area contributed by atoms with Gasteiger partial charge in [0.25, 0.3) is 5.92 Å². The molecule has 1 N–H and O–H groups in total. The molecule has 1 unspecified atom stereocenters. The maximum atomic E-state index is 13.8. The van der Waals surface area contributed by atoms with Crippen molar-refractivity contribution in [1.82, 2.24) is 9.47 Å². The molecule has 2 aromatic rings. The Labute approximate surface area is 180 Å². The van der Waals surface area contributed by atoms with E-state index in [1.165, 1.54) is 12.8 Å². The molecule has 0 spiro atoms. The summed E-state index contributed by atoms with van der Waals surface area (Å²) < 4.78 is 29.6. The molecule has 2 aliphatic rings. The van der Waals surface area contributed by atoms with Crippen LogP contribution in [-0.2, 0) is 6.54 Å². The number of nitrogens with zero attached hydrogens (tertiary/aromatic N) is 2. The van der Waals surface area contributed by atoms with Crippen LogP contribution in [0.5, 0.6) is 0 Å². The predicted molar refractivity (Wildman–Crippen MR) is 115 cm³/mol. The van der Waals surface area contributed by atoms with E-state index in [-0.39, 0.29) is 31.5 Å². The van der Waals surface area contributed by atoms with E-state index in [1.807, 2.05) is 18.3 Å². The van der Waals surface area contributed by atoms with E-state index >= 15 is 0 Å². The van der Waals surface area contributed by atoms with Crippen molar-refractivity contribution in [1.29, 1.82) is 0 Å². The molecule has 0 radical (unpaired) electrons. The maximum absolute atomic E-state index is 13.8. The minimum atomic E-state index is -2.86. The Morgan fingerprint density at radius 2 is 1.90 bits per heavy atom. The van der Waals surface area contributed by atoms with Gasteiger partial charge >= 0.3 is 0 Å². The topological polar surface area (TPSA) is 45.5 Å². The number of alkyl halides is 2. The Hall–Kier alpha value is -1.50. The fourth-order valence-corrected chi connectivity index (χ4v) is 5.26. The minimum absolute atomic E-state index is 0.0308. The average molecular weight is 439 g/mol. The van der Waals surface area contributed by atoms with Gasteiger partial charge in [0, 0.05) is 49.5 Å². The summed E-state index contributed by atoms with van der Waals surface area (Å²) in [5.74, 6) is -3.01. The molecule has 0 amide bonds. The van der Waals surface area contributed by atoms with E-state index in [0.29, 0.717) is 22.4 Å². The second-order valence-electron chi connectivity index (χ2n) is 8.95. The molecule has 4 rings (SSSR count). The lowest BCUT2D eigenvalue weighted by Gasteiger charge is -2.36. The number of likely N-dealkylation sites (tertiary alicyclic amines) is 1.